The summed E-state index contributed by atoms with van der Waals surface area (Å²) in [5.74, 6) is -1.16. The van der Waals surface area contributed by atoms with Gasteiger partial charge in [-0.2, -0.15) is 0 Å². The molecule has 0 aromatic heterocycles. The van der Waals surface area contributed by atoms with Crippen molar-refractivity contribution in [3.8, 4) is 0 Å². The Labute approximate surface area is 136 Å². The monoisotopic (exact) mass is 319 g/mol. The second-order valence-corrected chi connectivity index (χ2v) is 6.65. The molecule has 0 aliphatic heterocycles. The molecule has 126 valence electrons. The van der Waals surface area contributed by atoms with Gasteiger partial charge in [0.05, 0.1) is 6.54 Å². The zero-order chi connectivity index (χ0) is 17.6. The van der Waals surface area contributed by atoms with E-state index in [-0.39, 0.29) is 36.2 Å². The highest BCUT2D eigenvalue weighted by Gasteiger charge is 2.15. The Morgan fingerprint density at radius 2 is 1.70 bits per heavy atom. The summed E-state index contributed by atoms with van der Waals surface area (Å²) in [6.45, 7) is 7.82. The average Bonchev–Trinajstić information content (AvgIpc) is 2.43. The van der Waals surface area contributed by atoms with E-state index in [1.54, 1.807) is 19.1 Å². The molecule has 0 saturated carbocycles. The van der Waals surface area contributed by atoms with E-state index in [0.29, 0.717) is 5.56 Å². The first-order valence-corrected chi connectivity index (χ1v) is 7.56. The molecule has 0 unspecified atom stereocenters. The Bertz CT molecular complexity index is 574. The van der Waals surface area contributed by atoms with Crippen LogP contribution in [0.5, 0.6) is 0 Å². The van der Waals surface area contributed by atoms with E-state index in [4.69, 9.17) is 5.73 Å². The van der Waals surface area contributed by atoms with Gasteiger partial charge in [0.1, 0.15) is 0 Å². The lowest BCUT2D eigenvalue weighted by molar-refractivity contribution is -0.121. The van der Waals surface area contributed by atoms with Gasteiger partial charge in [0, 0.05) is 18.0 Å². The molecule has 1 atom stereocenters. The van der Waals surface area contributed by atoms with Crippen LogP contribution in [0.3, 0.4) is 0 Å². The lowest BCUT2D eigenvalue weighted by Gasteiger charge is -2.19. The van der Waals surface area contributed by atoms with Crippen molar-refractivity contribution in [2.24, 2.45) is 5.73 Å². The molecule has 1 aromatic rings. The second kappa shape index (κ2) is 7.76. The molecule has 0 spiro atoms. The first-order valence-electron chi connectivity index (χ1n) is 7.56. The molecule has 4 N–H and O–H groups in total. The van der Waals surface area contributed by atoms with E-state index >= 15 is 0 Å². The number of hydrogen-bond acceptors (Lipinski definition) is 3. The standard InChI is InChI=1S/C17H25N3O3/c1-11(9-14(18)21)20-15(22)10-19-16(23)12-5-7-13(8-6-12)17(2,3)4/h5-8,11H,9-10H2,1-4H3,(H2,18,21)(H,19,23)(H,20,22)/t11-/m0/s1. The van der Waals surface area contributed by atoms with E-state index in [0.717, 1.165) is 5.56 Å². The molecule has 3 amide bonds. The van der Waals surface area contributed by atoms with Gasteiger partial charge < -0.3 is 16.4 Å². The van der Waals surface area contributed by atoms with E-state index in [9.17, 15) is 14.4 Å². The third-order valence-corrected chi connectivity index (χ3v) is 3.34. The molecule has 6 nitrogen and oxygen atoms in total. The van der Waals surface area contributed by atoms with Gasteiger partial charge in [-0.25, -0.2) is 0 Å². The molecule has 6 heteroatoms. The minimum absolute atomic E-state index is 0.0193. The van der Waals surface area contributed by atoms with E-state index in [1.807, 2.05) is 12.1 Å². The van der Waals surface area contributed by atoms with E-state index in [2.05, 4.69) is 31.4 Å². The summed E-state index contributed by atoms with van der Waals surface area (Å²) < 4.78 is 0. The number of carbonyl (C=O) groups is 3. The molecular weight excluding hydrogens is 294 g/mol. The van der Waals surface area contributed by atoms with Crippen LogP contribution >= 0.6 is 0 Å². The summed E-state index contributed by atoms with van der Waals surface area (Å²) >= 11 is 0. The predicted molar refractivity (Wildman–Crippen MR) is 88.9 cm³/mol. The lowest BCUT2D eigenvalue weighted by atomic mass is 9.87. The van der Waals surface area contributed by atoms with Crippen molar-refractivity contribution < 1.29 is 14.4 Å². The molecule has 0 radical (unpaired) electrons. The van der Waals surface area contributed by atoms with Crippen LogP contribution in [0.25, 0.3) is 0 Å². The van der Waals surface area contributed by atoms with Crippen molar-refractivity contribution in [1.29, 1.82) is 0 Å². The third-order valence-electron chi connectivity index (χ3n) is 3.34. The first kappa shape index (κ1) is 18.7. The number of rotatable bonds is 6. The summed E-state index contributed by atoms with van der Waals surface area (Å²) in [6.07, 6.45) is 0.0634. The van der Waals surface area contributed by atoms with Crippen LogP contribution in [-0.4, -0.2) is 30.3 Å². The number of primary amides is 1. The van der Waals surface area contributed by atoms with Gasteiger partial charge >= 0.3 is 0 Å². The fourth-order valence-corrected chi connectivity index (χ4v) is 2.06. The number of hydrogen-bond donors (Lipinski definition) is 3. The number of benzene rings is 1. The molecular formula is C17H25N3O3. The highest BCUT2D eigenvalue weighted by Crippen LogP contribution is 2.22. The highest BCUT2D eigenvalue weighted by molar-refractivity contribution is 5.96. The number of nitrogens with two attached hydrogens (primary N) is 1. The van der Waals surface area contributed by atoms with Crippen molar-refractivity contribution in [2.45, 2.75) is 45.6 Å². The van der Waals surface area contributed by atoms with Crippen molar-refractivity contribution in [3.05, 3.63) is 35.4 Å². The maximum atomic E-state index is 12.0. The van der Waals surface area contributed by atoms with Crippen LogP contribution in [0.1, 0.15) is 50.0 Å². The zero-order valence-corrected chi connectivity index (χ0v) is 14.1. The minimum Gasteiger partial charge on any atom is -0.370 e. The SMILES string of the molecule is C[C@@H](CC(N)=O)NC(=O)CNC(=O)c1ccc(C(C)(C)C)cc1. The third kappa shape index (κ3) is 6.50. The fraction of sp³-hybridized carbons (Fsp3) is 0.471. The maximum absolute atomic E-state index is 12.0. The average molecular weight is 319 g/mol. The van der Waals surface area contributed by atoms with Crippen LogP contribution in [0.15, 0.2) is 24.3 Å². The van der Waals surface area contributed by atoms with Gasteiger partial charge in [0.15, 0.2) is 0 Å². The van der Waals surface area contributed by atoms with Crippen LogP contribution in [-0.2, 0) is 15.0 Å². The number of amides is 3. The molecule has 0 bridgehead atoms. The van der Waals surface area contributed by atoms with Crippen LogP contribution in [0, 0.1) is 0 Å². The minimum atomic E-state index is -0.485. The van der Waals surface area contributed by atoms with Gasteiger partial charge in [0.25, 0.3) is 5.91 Å². The maximum Gasteiger partial charge on any atom is 0.251 e. The molecule has 0 saturated heterocycles. The molecule has 23 heavy (non-hydrogen) atoms. The number of nitrogens with one attached hydrogen (secondary N) is 2. The lowest BCUT2D eigenvalue weighted by Crippen LogP contribution is -2.42. The van der Waals surface area contributed by atoms with Gasteiger partial charge in [-0.15, -0.1) is 0 Å². The van der Waals surface area contributed by atoms with Crippen LogP contribution in [0.4, 0.5) is 0 Å². The summed E-state index contributed by atoms with van der Waals surface area (Å²) in [6, 6.07) is 6.93. The molecule has 0 heterocycles. The molecule has 0 aliphatic rings. The Hall–Kier alpha value is -2.37. The zero-order valence-electron chi connectivity index (χ0n) is 14.1. The summed E-state index contributed by atoms with van der Waals surface area (Å²) in [7, 11) is 0. The highest BCUT2D eigenvalue weighted by atomic mass is 16.2. The predicted octanol–water partition coefficient (Wildman–Crippen LogP) is 1.09. The molecule has 0 fully saturated rings. The fourth-order valence-electron chi connectivity index (χ4n) is 2.06. The Morgan fingerprint density at radius 1 is 1.13 bits per heavy atom. The summed E-state index contributed by atoms with van der Waals surface area (Å²) in [5, 5.41) is 5.14. The van der Waals surface area contributed by atoms with Gasteiger partial charge in [-0.3, -0.25) is 14.4 Å². The smallest absolute Gasteiger partial charge is 0.251 e. The second-order valence-electron chi connectivity index (χ2n) is 6.65. The van der Waals surface area contributed by atoms with E-state index in [1.165, 1.54) is 0 Å². The van der Waals surface area contributed by atoms with Gasteiger partial charge in [0.2, 0.25) is 11.8 Å². The summed E-state index contributed by atoms with van der Waals surface area (Å²) in [5.41, 5.74) is 6.70. The topological polar surface area (TPSA) is 101 Å². The van der Waals surface area contributed by atoms with Crippen molar-refractivity contribution in [2.75, 3.05) is 6.54 Å². The number of carbonyl (C=O) groups excluding carboxylic acids is 3. The first-order chi connectivity index (χ1) is 10.6. The molecule has 1 aromatic carbocycles. The van der Waals surface area contributed by atoms with Crippen LogP contribution in [0.2, 0.25) is 0 Å². The van der Waals surface area contributed by atoms with E-state index < -0.39 is 5.91 Å². The Balaban J connectivity index is 2.50. The Morgan fingerprint density at radius 3 is 2.17 bits per heavy atom. The Kier molecular flexibility index (Phi) is 6.30. The van der Waals surface area contributed by atoms with Crippen molar-refractivity contribution in [3.63, 3.8) is 0 Å². The quantitative estimate of drug-likeness (QED) is 0.731. The van der Waals surface area contributed by atoms with Crippen molar-refractivity contribution in [1.82, 2.24) is 10.6 Å². The van der Waals surface area contributed by atoms with Gasteiger partial charge in [-0.05, 0) is 30.0 Å². The summed E-state index contributed by atoms with van der Waals surface area (Å²) in [4.78, 5) is 34.4. The van der Waals surface area contributed by atoms with Crippen LogP contribution < -0.4 is 16.4 Å². The largest absolute Gasteiger partial charge is 0.370 e. The molecule has 1 rings (SSSR count). The molecule has 0 aliphatic carbocycles. The van der Waals surface area contributed by atoms with Gasteiger partial charge in [-0.1, -0.05) is 32.9 Å². The normalized spacial score (nSPS) is 12.3. The van der Waals surface area contributed by atoms with Crippen molar-refractivity contribution >= 4 is 17.7 Å².